The first-order chi connectivity index (χ1) is 15.3. The molecule has 0 fully saturated rings. The molecule has 0 radical (unpaired) electrons. The lowest BCUT2D eigenvalue weighted by Gasteiger charge is -2.07. The Labute approximate surface area is 178 Å². The normalized spacial score (nSPS) is 10.8. The third-order valence-electron chi connectivity index (χ3n) is 5.03. The minimum absolute atomic E-state index is 0.163. The highest BCUT2D eigenvalue weighted by atomic mass is 16.5. The van der Waals surface area contributed by atoms with Crippen LogP contribution in [0.1, 0.15) is 15.9 Å². The van der Waals surface area contributed by atoms with Gasteiger partial charge in [0, 0.05) is 41.8 Å². The maximum Gasteiger partial charge on any atom is 0.251 e. The first-order valence-corrected chi connectivity index (χ1v) is 9.86. The molecule has 6 nitrogen and oxygen atoms in total. The number of nitrogens with zero attached hydrogens (tertiary/aromatic N) is 3. The Bertz CT molecular complexity index is 1350. The zero-order valence-corrected chi connectivity index (χ0v) is 16.5. The molecule has 0 atom stereocenters. The van der Waals surface area contributed by atoms with E-state index in [1.54, 1.807) is 30.7 Å². The maximum atomic E-state index is 12.8. The van der Waals surface area contributed by atoms with Crippen molar-refractivity contribution in [2.24, 2.45) is 0 Å². The number of benzene rings is 2. The van der Waals surface area contributed by atoms with Crippen LogP contribution in [-0.4, -0.2) is 21.0 Å². The van der Waals surface area contributed by atoms with Crippen molar-refractivity contribution in [3.8, 4) is 22.6 Å². The number of hydrogen-bond acceptors (Lipinski definition) is 5. The molecular formula is C25H18N4O2. The quantitative estimate of drug-likeness (QED) is 0.450. The van der Waals surface area contributed by atoms with Gasteiger partial charge in [-0.05, 0) is 48.0 Å². The summed E-state index contributed by atoms with van der Waals surface area (Å²) in [7, 11) is 0. The predicted molar refractivity (Wildman–Crippen MR) is 118 cm³/mol. The Balaban J connectivity index is 1.35. The van der Waals surface area contributed by atoms with Crippen LogP contribution < -0.4 is 5.32 Å². The van der Waals surface area contributed by atoms with E-state index in [0.29, 0.717) is 23.4 Å². The van der Waals surface area contributed by atoms with E-state index < -0.39 is 0 Å². The summed E-state index contributed by atoms with van der Waals surface area (Å²) in [6.07, 6.45) is 5.21. The number of amides is 1. The SMILES string of the molecule is O=C(NCc1ccnc(-c2ccncc2)c1)c1ccc2noc(-c3ccccc3)c2c1. The first-order valence-electron chi connectivity index (χ1n) is 9.86. The maximum absolute atomic E-state index is 12.8. The van der Waals surface area contributed by atoms with Crippen LogP contribution in [-0.2, 0) is 6.54 Å². The first kappa shape index (κ1) is 18.7. The number of aromatic nitrogens is 3. The molecule has 150 valence electrons. The largest absolute Gasteiger partial charge is 0.355 e. The Hall–Kier alpha value is -4.32. The number of carbonyl (C=O) groups is 1. The predicted octanol–water partition coefficient (Wildman–Crippen LogP) is 4.88. The van der Waals surface area contributed by atoms with Crippen molar-refractivity contribution in [1.82, 2.24) is 20.4 Å². The van der Waals surface area contributed by atoms with Crippen LogP contribution in [0.3, 0.4) is 0 Å². The molecule has 1 N–H and O–H groups in total. The third kappa shape index (κ3) is 3.91. The molecule has 0 saturated carbocycles. The molecule has 3 aromatic heterocycles. The summed E-state index contributed by atoms with van der Waals surface area (Å²) in [6, 6.07) is 22.8. The van der Waals surface area contributed by atoms with Crippen molar-refractivity contribution in [2.45, 2.75) is 6.54 Å². The summed E-state index contributed by atoms with van der Waals surface area (Å²) < 4.78 is 5.53. The zero-order valence-electron chi connectivity index (χ0n) is 16.5. The summed E-state index contributed by atoms with van der Waals surface area (Å²) in [6.45, 7) is 0.395. The zero-order chi connectivity index (χ0) is 21.0. The molecule has 5 rings (SSSR count). The summed E-state index contributed by atoms with van der Waals surface area (Å²) in [5.41, 5.74) is 4.97. The summed E-state index contributed by atoms with van der Waals surface area (Å²) >= 11 is 0. The lowest BCUT2D eigenvalue weighted by molar-refractivity contribution is 0.0951. The van der Waals surface area contributed by atoms with Crippen LogP contribution in [0, 0.1) is 0 Å². The summed E-state index contributed by atoms with van der Waals surface area (Å²) in [5, 5.41) is 7.90. The van der Waals surface area contributed by atoms with Crippen molar-refractivity contribution < 1.29 is 9.32 Å². The van der Waals surface area contributed by atoms with Crippen LogP contribution in [0.4, 0.5) is 0 Å². The topological polar surface area (TPSA) is 80.9 Å². The van der Waals surface area contributed by atoms with E-state index in [2.05, 4.69) is 20.4 Å². The average Bonchev–Trinajstić information content (AvgIpc) is 3.27. The highest BCUT2D eigenvalue weighted by Crippen LogP contribution is 2.29. The summed E-state index contributed by atoms with van der Waals surface area (Å²) in [4.78, 5) is 21.2. The van der Waals surface area contributed by atoms with Gasteiger partial charge >= 0.3 is 0 Å². The van der Waals surface area contributed by atoms with Gasteiger partial charge < -0.3 is 9.84 Å². The van der Waals surface area contributed by atoms with E-state index >= 15 is 0 Å². The van der Waals surface area contributed by atoms with Crippen LogP contribution in [0.25, 0.3) is 33.5 Å². The van der Waals surface area contributed by atoms with Crippen molar-refractivity contribution in [1.29, 1.82) is 0 Å². The van der Waals surface area contributed by atoms with Gasteiger partial charge in [0.25, 0.3) is 5.91 Å². The van der Waals surface area contributed by atoms with Gasteiger partial charge in [-0.15, -0.1) is 0 Å². The Morgan fingerprint density at radius 1 is 0.871 bits per heavy atom. The van der Waals surface area contributed by atoms with Gasteiger partial charge in [-0.1, -0.05) is 35.5 Å². The fourth-order valence-corrected chi connectivity index (χ4v) is 3.43. The molecule has 31 heavy (non-hydrogen) atoms. The van der Waals surface area contributed by atoms with E-state index in [1.807, 2.05) is 60.7 Å². The van der Waals surface area contributed by atoms with Crippen LogP contribution in [0.2, 0.25) is 0 Å². The van der Waals surface area contributed by atoms with Gasteiger partial charge in [-0.2, -0.15) is 0 Å². The van der Waals surface area contributed by atoms with Gasteiger partial charge in [0.2, 0.25) is 0 Å². The second-order valence-corrected chi connectivity index (χ2v) is 7.08. The van der Waals surface area contributed by atoms with Gasteiger partial charge in [-0.3, -0.25) is 14.8 Å². The van der Waals surface area contributed by atoms with Gasteiger partial charge in [0.05, 0.1) is 11.1 Å². The molecule has 6 heteroatoms. The van der Waals surface area contributed by atoms with Crippen molar-refractivity contribution in [3.05, 3.63) is 103 Å². The molecule has 0 aliphatic rings. The second kappa shape index (κ2) is 8.20. The number of carbonyl (C=O) groups excluding carboxylic acids is 1. The minimum atomic E-state index is -0.163. The molecule has 0 unspecified atom stereocenters. The molecular weight excluding hydrogens is 388 g/mol. The molecule has 0 saturated heterocycles. The van der Waals surface area contributed by atoms with Crippen LogP contribution in [0.5, 0.6) is 0 Å². The Kier molecular flexibility index (Phi) is 4.94. The van der Waals surface area contributed by atoms with Crippen LogP contribution in [0.15, 0.2) is 95.9 Å². The van der Waals surface area contributed by atoms with Crippen LogP contribution >= 0.6 is 0 Å². The lowest BCUT2D eigenvalue weighted by atomic mass is 10.1. The van der Waals surface area contributed by atoms with Gasteiger partial charge in [0.15, 0.2) is 5.76 Å². The molecule has 0 aliphatic carbocycles. The van der Waals surface area contributed by atoms with Gasteiger partial charge in [-0.25, -0.2) is 0 Å². The van der Waals surface area contributed by atoms with E-state index in [-0.39, 0.29) is 5.91 Å². The Morgan fingerprint density at radius 3 is 2.55 bits per heavy atom. The number of fused-ring (bicyclic) bond motifs is 1. The monoisotopic (exact) mass is 406 g/mol. The molecule has 2 aromatic carbocycles. The number of hydrogen-bond donors (Lipinski definition) is 1. The molecule has 3 heterocycles. The van der Waals surface area contributed by atoms with Gasteiger partial charge in [0.1, 0.15) is 5.52 Å². The average molecular weight is 406 g/mol. The molecule has 5 aromatic rings. The highest BCUT2D eigenvalue weighted by molar-refractivity contribution is 6.00. The highest BCUT2D eigenvalue weighted by Gasteiger charge is 2.14. The number of rotatable bonds is 5. The number of nitrogens with one attached hydrogen (secondary N) is 1. The fourth-order valence-electron chi connectivity index (χ4n) is 3.43. The van der Waals surface area contributed by atoms with E-state index in [4.69, 9.17) is 4.52 Å². The van der Waals surface area contributed by atoms with E-state index in [1.165, 1.54) is 0 Å². The van der Waals surface area contributed by atoms with Crippen molar-refractivity contribution in [2.75, 3.05) is 0 Å². The molecule has 0 spiro atoms. The summed E-state index contributed by atoms with van der Waals surface area (Å²) in [5.74, 6) is 0.491. The standard InChI is InChI=1S/C25H18N4O2/c30-25(28-16-17-8-13-27-23(14-17)18-9-11-26-12-10-18)20-6-7-22-21(15-20)24(31-29-22)19-4-2-1-3-5-19/h1-15H,16H2,(H,28,30). The molecule has 0 bridgehead atoms. The molecule has 0 aliphatic heterocycles. The lowest BCUT2D eigenvalue weighted by Crippen LogP contribution is -2.22. The smallest absolute Gasteiger partial charge is 0.251 e. The second-order valence-electron chi connectivity index (χ2n) is 7.08. The Morgan fingerprint density at radius 2 is 1.71 bits per heavy atom. The fraction of sp³-hybridized carbons (Fsp3) is 0.0400. The van der Waals surface area contributed by atoms with Crippen molar-refractivity contribution in [3.63, 3.8) is 0 Å². The van der Waals surface area contributed by atoms with E-state index in [9.17, 15) is 4.79 Å². The number of pyridine rings is 2. The van der Waals surface area contributed by atoms with E-state index in [0.717, 1.165) is 27.8 Å². The van der Waals surface area contributed by atoms with Crippen molar-refractivity contribution >= 4 is 16.8 Å². The minimum Gasteiger partial charge on any atom is -0.355 e. The third-order valence-corrected chi connectivity index (χ3v) is 5.03. The molecule has 1 amide bonds.